The van der Waals surface area contributed by atoms with E-state index < -0.39 is 16.6 Å². The highest BCUT2D eigenvalue weighted by Gasteiger charge is 2.15. The van der Waals surface area contributed by atoms with E-state index in [1.54, 1.807) is 6.92 Å². The minimum atomic E-state index is -3.51. The van der Waals surface area contributed by atoms with Gasteiger partial charge in [0.1, 0.15) is 5.75 Å². The molecule has 0 aliphatic heterocycles. The Kier molecular flexibility index (Phi) is 5.81. The third kappa shape index (κ3) is 6.07. The first-order chi connectivity index (χ1) is 8.82. The van der Waals surface area contributed by atoms with E-state index in [4.69, 9.17) is 11.6 Å². The monoisotopic (exact) mass is 313 g/mol. The first kappa shape index (κ1) is 16.0. The fourth-order valence-electron chi connectivity index (χ4n) is 1.34. The zero-order valence-corrected chi connectivity index (χ0v) is 11.7. The molecule has 1 aromatic rings. The highest BCUT2D eigenvalue weighted by Crippen LogP contribution is 2.19. The van der Waals surface area contributed by atoms with Gasteiger partial charge in [-0.05, 0) is 30.2 Å². The molecule has 1 N–H and O–H groups in total. The molecule has 108 valence electrons. The maximum absolute atomic E-state index is 11.9. The number of sulfonamides is 1. The summed E-state index contributed by atoms with van der Waals surface area (Å²) >= 11 is 5.55. The number of hydrogen-bond acceptors (Lipinski definition) is 3. The molecule has 0 bridgehead atoms. The summed E-state index contributed by atoms with van der Waals surface area (Å²) in [5.74, 6) is -0.0823. The molecule has 0 aliphatic rings. The summed E-state index contributed by atoms with van der Waals surface area (Å²) in [6, 6.07) is 5.21. The molecule has 8 heteroatoms. The highest BCUT2D eigenvalue weighted by atomic mass is 35.5. The number of anilines is 1. The summed E-state index contributed by atoms with van der Waals surface area (Å²) in [7, 11) is -3.51. The first-order valence-electron chi connectivity index (χ1n) is 5.43. The van der Waals surface area contributed by atoms with Crippen molar-refractivity contribution in [2.24, 2.45) is 5.92 Å². The average molecular weight is 314 g/mol. The molecule has 4 nitrogen and oxygen atoms in total. The van der Waals surface area contributed by atoms with E-state index in [0.29, 0.717) is 0 Å². The number of rotatable bonds is 7. The lowest BCUT2D eigenvalue weighted by Gasteiger charge is -2.11. The minimum Gasteiger partial charge on any atom is -0.435 e. The van der Waals surface area contributed by atoms with Crippen molar-refractivity contribution in [1.82, 2.24) is 0 Å². The average Bonchev–Trinajstić information content (AvgIpc) is 2.30. The van der Waals surface area contributed by atoms with Crippen molar-refractivity contribution in [3.63, 3.8) is 0 Å². The topological polar surface area (TPSA) is 55.4 Å². The second kappa shape index (κ2) is 6.91. The molecule has 1 aromatic carbocycles. The zero-order valence-electron chi connectivity index (χ0n) is 10.1. The van der Waals surface area contributed by atoms with Crippen LogP contribution >= 0.6 is 11.6 Å². The van der Waals surface area contributed by atoms with Gasteiger partial charge in [-0.2, -0.15) is 8.78 Å². The largest absolute Gasteiger partial charge is 0.435 e. The van der Waals surface area contributed by atoms with Gasteiger partial charge in [-0.3, -0.25) is 4.72 Å². The second-order valence-electron chi connectivity index (χ2n) is 4.05. The Morgan fingerprint density at radius 2 is 1.89 bits per heavy atom. The Hall–Kier alpha value is -1.08. The van der Waals surface area contributed by atoms with Gasteiger partial charge in [0.05, 0.1) is 5.75 Å². The number of alkyl halides is 3. The standard InChI is InChI=1S/C11H14ClF2NO3S/c1-8(6-12)7-19(16,17)15-9-2-4-10(5-3-9)18-11(13)14/h2-5,8,11,15H,6-7H2,1H3. The Labute approximate surface area is 115 Å². The number of nitrogens with one attached hydrogen (secondary N) is 1. The lowest BCUT2D eigenvalue weighted by molar-refractivity contribution is -0.0498. The fourth-order valence-corrected chi connectivity index (χ4v) is 3.03. The first-order valence-corrected chi connectivity index (χ1v) is 7.62. The molecule has 0 aromatic heterocycles. The maximum Gasteiger partial charge on any atom is 0.387 e. The van der Waals surface area contributed by atoms with Gasteiger partial charge < -0.3 is 4.74 Å². The lowest BCUT2D eigenvalue weighted by atomic mass is 10.3. The van der Waals surface area contributed by atoms with Gasteiger partial charge in [0.2, 0.25) is 10.0 Å². The summed E-state index contributed by atoms with van der Waals surface area (Å²) in [6.45, 7) is -1.20. The minimum absolute atomic E-state index is 0.0351. The van der Waals surface area contributed by atoms with Crippen LogP contribution in [0, 0.1) is 5.92 Å². The van der Waals surface area contributed by atoms with Crippen LogP contribution in [-0.4, -0.2) is 26.7 Å². The normalized spacial score (nSPS) is 13.3. The molecule has 1 rings (SSSR count). The quantitative estimate of drug-likeness (QED) is 0.787. The molecule has 19 heavy (non-hydrogen) atoms. The third-order valence-corrected chi connectivity index (χ3v) is 4.20. The molecular weight excluding hydrogens is 300 g/mol. The van der Waals surface area contributed by atoms with Crippen molar-refractivity contribution in [3.05, 3.63) is 24.3 Å². The summed E-state index contributed by atoms with van der Waals surface area (Å²) in [5, 5.41) is 0. The van der Waals surface area contributed by atoms with Crippen LogP contribution < -0.4 is 9.46 Å². The van der Waals surface area contributed by atoms with E-state index in [-0.39, 0.29) is 29.0 Å². The van der Waals surface area contributed by atoms with Gasteiger partial charge in [-0.1, -0.05) is 6.92 Å². The van der Waals surface area contributed by atoms with Crippen LogP contribution in [0.1, 0.15) is 6.92 Å². The molecule has 1 atom stereocenters. The summed E-state index contributed by atoms with van der Waals surface area (Å²) in [5.41, 5.74) is 0.281. The predicted octanol–water partition coefficient (Wildman–Crippen LogP) is 2.90. The SMILES string of the molecule is CC(CCl)CS(=O)(=O)Nc1ccc(OC(F)F)cc1. The van der Waals surface area contributed by atoms with Crippen LogP contribution in [-0.2, 0) is 10.0 Å². The number of benzene rings is 1. The van der Waals surface area contributed by atoms with Crippen molar-refractivity contribution in [2.75, 3.05) is 16.4 Å². The molecule has 0 saturated heterocycles. The molecule has 0 aliphatic carbocycles. The van der Waals surface area contributed by atoms with Gasteiger partial charge in [-0.15, -0.1) is 11.6 Å². The summed E-state index contributed by atoms with van der Waals surface area (Å²) < 4.78 is 53.8. The van der Waals surface area contributed by atoms with Gasteiger partial charge >= 0.3 is 6.61 Å². The van der Waals surface area contributed by atoms with Crippen LogP contribution in [0.25, 0.3) is 0 Å². The maximum atomic E-state index is 11.9. The van der Waals surface area contributed by atoms with Crippen LogP contribution in [0.2, 0.25) is 0 Å². The van der Waals surface area contributed by atoms with E-state index in [9.17, 15) is 17.2 Å². The van der Waals surface area contributed by atoms with E-state index in [0.717, 1.165) is 0 Å². The second-order valence-corrected chi connectivity index (χ2v) is 6.12. The summed E-state index contributed by atoms with van der Waals surface area (Å²) in [6.07, 6.45) is 0. The molecule has 1 unspecified atom stereocenters. The van der Waals surface area contributed by atoms with Gasteiger partial charge in [0, 0.05) is 11.6 Å². The highest BCUT2D eigenvalue weighted by molar-refractivity contribution is 7.92. The Balaban J connectivity index is 2.67. The van der Waals surface area contributed by atoms with Gasteiger partial charge in [0.15, 0.2) is 0 Å². The third-order valence-electron chi connectivity index (χ3n) is 2.12. The molecule has 0 fully saturated rings. The van der Waals surface area contributed by atoms with Crippen molar-refractivity contribution >= 4 is 27.3 Å². The van der Waals surface area contributed by atoms with E-state index in [1.165, 1.54) is 24.3 Å². The summed E-state index contributed by atoms with van der Waals surface area (Å²) in [4.78, 5) is 0. The Morgan fingerprint density at radius 1 is 1.32 bits per heavy atom. The van der Waals surface area contributed by atoms with E-state index >= 15 is 0 Å². The van der Waals surface area contributed by atoms with Crippen molar-refractivity contribution < 1.29 is 21.9 Å². The van der Waals surface area contributed by atoms with Crippen molar-refractivity contribution in [1.29, 1.82) is 0 Å². The Morgan fingerprint density at radius 3 is 2.37 bits per heavy atom. The number of hydrogen-bond donors (Lipinski definition) is 1. The van der Waals surface area contributed by atoms with Crippen molar-refractivity contribution in [3.8, 4) is 5.75 Å². The molecule has 0 spiro atoms. The van der Waals surface area contributed by atoms with Crippen molar-refractivity contribution in [2.45, 2.75) is 13.5 Å². The molecule has 0 radical (unpaired) electrons. The van der Waals surface area contributed by atoms with Crippen LogP contribution in [0.3, 0.4) is 0 Å². The lowest BCUT2D eigenvalue weighted by Crippen LogP contribution is -2.22. The van der Waals surface area contributed by atoms with Crippen LogP contribution in [0.4, 0.5) is 14.5 Å². The number of ether oxygens (including phenoxy) is 1. The smallest absolute Gasteiger partial charge is 0.387 e. The Bertz CT molecular complexity index is 493. The van der Waals surface area contributed by atoms with Crippen LogP contribution in [0.15, 0.2) is 24.3 Å². The molecule has 0 heterocycles. The van der Waals surface area contributed by atoms with E-state index in [1.807, 2.05) is 0 Å². The molecular formula is C11H14ClF2NO3S. The van der Waals surface area contributed by atoms with Crippen LogP contribution in [0.5, 0.6) is 5.75 Å². The predicted molar refractivity (Wildman–Crippen MR) is 70.4 cm³/mol. The van der Waals surface area contributed by atoms with Gasteiger partial charge in [-0.25, -0.2) is 8.42 Å². The zero-order chi connectivity index (χ0) is 14.5. The molecule has 0 amide bonds. The number of halogens is 3. The van der Waals surface area contributed by atoms with Gasteiger partial charge in [0.25, 0.3) is 0 Å². The van der Waals surface area contributed by atoms with E-state index in [2.05, 4.69) is 9.46 Å². The molecule has 0 saturated carbocycles. The fraction of sp³-hybridized carbons (Fsp3) is 0.455.